The number of alkyl halides is 3. The van der Waals surface area contributed by atoms with Gasteiger partial charge in [0.15, 0.2) is 0 Å². The van der Waals surface area contributed by atoms with Gasteiger partial charge in [-0.25, -0.2) is 4.98 Å². The van der Waals surface area contributed by atoms with Crippen molar-refractivity contribution in [3.63, 3.8) is 0 Å². The van der Waals surface area contributed by atoms with Crippen LogP contribution in [-0.2, 0) is 11.6 Å². The quantitative estimate of drug-likeness (QED) is 0.589. The van der Waals surface area contributed by atoms with Crippen LogP contribution in [0.2, 0.25) is 0 Å². The number of non-ortho nitro benzene ring substituents is 1. The summed E-state index contributed by atoms with van der Waals surface area (Å²) < 4.78 is 37.9. The Morgan fingerprint density at radius 2 is 1.67 bits per heavy atom. The summed E-state index contributed by atoms with van der Waals surface area (Å²) in [7, 11) is 0. The highest BCUT2D eigenvalue weighted by Crippen LogP contribution is 2.41. The van der Waals surface area contributed by atoms with Gasteiger partial charge in [-0.15, -0.1) is 0 Å². The van der Waals surface area contributed by atoms with E-state index in [4.69, 9.17) is 0 Å². The zero-order valence-corrected chi connectivity index (χ0v) is 14.5. The van der Waals surface area contributed by atoms with Crippen molar-refractivity contribution in [3.8, 4) is 0 Å². The lowest BCUT2D eigenvalue weighted by molar-refractivity contribution is -0.393. The van der Waals surface area contributed by atoms with Gasteiger partial charge in [0.1, 0.15) is 11.5 Å². The smallest absolute Gasteiger partial charge is 0.334 e. The molecule has 2 aromatic rings. The lowest BCUT2D eigenvalue weighted by atomic mass is 9.85. The van der Waals surface area contributed by atoms with E-state index in [1.54, 1.807) is 20.8 Å². The van der Waals surface area contributed by atoms with E-state index in [1.807, 2.05) is 0 Å². The van der Waals surface area contributed by atoms with Crippen LogP contribution in [0.3, 0.4) is 0 Å². The van der Waals surface area contributed by atoms with Gasteiger partial charge in [0.05, 0.1) is 21.5 Å². The highest BCUT2D eigenvalue weighted by atomic mass is 19.4. The molecule has 0 radical (unpaired) electrons. The van der Waals surface area contributed by atoms with E-state index in [0.29, 0.717) is 6.20 Å². The molecule has 0 saturated carbocycles. The number of hydrogen-bond acceptors (Lipinski definition) is 6. The monoisotopic (exact) mass is 384 g/mol. The molecule has 1 heterocycles. The van der Waals surface area contributed by atoms with Crippen LogP contribution in [0.25, 0.3) is 0 Å². The zero-order valence-electron chi connectivity index (χ0n) is 14.5. The van der Waals surface area contributed by atoms with Gasteiger partial charge < -0.3 is 5.32 Å². The van der Waals surface area contributed by atoms with E-state index in [9.17, 15) is 33.4 Å². The van der Waals surface area contributed by atoms with E-state index in [1.165, 1.54) is 6.07 Å². The van der Waals surface area contributed by atoms with Crippen molar-refractivity contribution < 1.29 is 23.0 Å². The molecule has 27 heavy (non-hydrogen) atoms. The number of nitrogens with zero attached hydrogens (tertiary/aromatic N) is 3. The van der Waals surface area contributed by atoms with Crippen LogP contribution < -0.4 is 5.32 Å². The second-order valence-corrected chi connectivity index (χ2v) is 6.71. The molecule has 1 aromatic heterocycles. The van der Waals surface area contributed by atoms with Gasteiger partial charge in [0, 0.05) is 12.3 Å². The number of halogens is 3. The van der Waals surface area contributed by atoms with Crippen molar-refractivity contribution >= 4 is 22.9 Å². The molecular weight excluding hydrogens is 369 g/mol. The molecule has 0 amide bonds. The average molecular weight is 384 g/mol. The fourth-order valence-electron chi connectivity index (χ4n) is 2.35. The summed E-state index contributed by atoms with van der Waals surface area (Å²) in [6.07, 6.45) is -3.97. The van der Waals surface area contributed by atoms with Crippen molar-refractivity contribution in [1.82, 2.24) is 4.98 Å². The molecule has 8 nitrogen and oxygen atoms in total. The molecule has 2 rings (SSSR count). The van der Waals surface area contributed by atoms with Gasteiger partial charge in [-0.1, -0.05) is 20.8 Å². The number of nitro groups is 2. The summed E-state index contributed by atoms with van der Waals surface area (Å²) in [5.74, 6) is -0.0644. The second-order valence-electron chi connectivity index (χ2n) is 6.71. The molecule has 0 atom stereocenters. The Balaban J connectivity index is 2.60. The summed E-state index contributed by atoms with van der Waals surface area (Å²) in [4.78, 5) is 24.6. The van der Waals surface area contributed by atoms with Crippen molar-refractivity contribution in [2.24, 2.45) is 0 Å². The molecule has 0 aliphatic heterocycles. The zero-order chi connectivity index (χ0) is 20.6. The maximum atomic E-state index is 12.6. The molecule has 0 unspecified atom stereocenters. The highest BCUT2D eigenvalue weighted by molar-refractivity contribution is 5.75. The molecule has 0 fully saturated rings. The Hall–Kier alpha value is -3.24. The van der Waals surface area contributed by atoms with Crippen LogP contribution in [0, 0.1) is 20.2 Å². The molecule has 0 aliphatic rings. The maximum Gasteiger partial charge on any atom is 0.417 e. The van der Waals surface area contributed by atoms with Gasteiger partial charge in [0.25, 0.3) is 11.4 Å². The summed E-state index contributed by atoms with van der Waals surface area (Å²) in [6, 6.07) is 3.80. The van der Waals surface area contributed by atoms with Crippen molar-refractivity contribution in [3.05, 3.63) is 61.8 Å². The Morgan fingerprint density at radius 1 is 1.04 bits per heavy atom. The highest BCUT2D eigenvalue weighted by Gasteiger charge is 2.32. The second kappa shape index (κ2) is 6.82. The van der Waals surface area contributed by atoms with E-state index in [0.717, 1.165) is 18.2 Å². The average Bonchev–Trinajstić information content (AvgIpc) is 2.53. The fourth-order valence-corrected chi connectivity index (χ4v) is 2.35. The third-order valence-electron chi connectivity index (χ3n) is 3.66. The summed E-state index contributed by atoms with van der Waals surface area (Å²) >= 11 is 0. The molecule has 0 bridgehead atoms. The summed E-state index contributed by atoms with van der Waals surface area (Å²) in [6.45, 7) is 5.09. The van der Waals surface area contributed by atoms with Crippen LogP contribution in [-0.4, -0.2) is 14.8 Å². The van der Waals surface area contributed by atoms with Crippen molar-refractivity contribution in [2.45, 2.75) is 32.4 Å². The molecule has 0 spiro atoms. The van der Waals surface area contributed by atoms with E-state index in [-0.39, 0.29) is 17.1 Å². The van der Waals surface area contributed by atoms with E-state index in [2.05, 4.69) is 10.3 Å². The Kier molecular flexibility index (Phi) is 5.07. The lowest BCUT2D eigenvalue weighted by Gasteiger charge is -2.23. The molecule has 0 saturated heterocycles. The molecule has 1 N–H and O–H groups in total. The van der Waals surface area contributed by atoms with Gasteiger partial charge >= 0.3 is 6.18 Å². The molecule has 0 aliphatic carbocycles. The Labute approximate surface area is 151 Å². The minimum Gasteiger partial charge on any atom is -0.334 e. The van der Waals surface area contributed by atoms with Crippen LogP contribution in [0.4, 0.5) is 36.1 Å². The summed E-state index contributed by atoms with van der Waals surface area (Å²) in [5.41, 5.74) is -2.54. The van der Waals surface area contributed by atoms with Gasteiger partial charge in [0.2, 0.25) is 0 Å². The van der Waals surface area contributed by atoms with Crippen molar-refractivity contribution in [2.75, 3.05) is 5.32 Å². The first kappa shape index (κ1) is 20.1. The first-order valence-corrected chi connectivity index (χ1v) is 7.58. The van der Waals surface area contributed by atoms with Crippen LogP contribution in [0.1, 0.15) is 31.9 Å². The largest absolute Gasteiger partial charge is 0.417 e. The first-order valence-electron chi connectivity index (χ1n) is 7.58. The maximum absolute atomic E-state index is 12.6. The van der Waals surface area contributed by atoms with Crippen LogP contribution in [0.5, 0.6) is 0 Å². The Bertz CT molecular complexity index is 890. The molecule has 144 valence electrons. The predicted molar refractivity (Wildman–Crippen MR) is 91.0 cm³/mol. The van der Waals surface area contributed by atoms with E-state index < -0.39 is 38.4 Å². The number of anilines is 2. The summed E-state index contributed by atoms with van der Waals surface area (Å²) in [5, 5.41) is 25.2. The third-order valence-corrected chi connectivity index (χ3v) is 3.66. The number of pyridine rings is 1. The number of aromatic nitrogens is 1. The van der Waals surface area contributed by atoms with Crippen LogP contribution in [0.15, 0.2) is 30.5 Å². The third kappa shape index (κ3) is 4.49. The van der Waals surface area contributed by atoms with Crippen molar-refractivity contribution in [1.29, 1.82) is 0 Å². The Morgan fingerprint density at radius 3 is 2.07 bits per heavy atom. The number of benzene rings is 1. The predicted octanol–water partition coefficient (Wildman–Crippen LogP) is 4.96. The number of nitrogens with one attached hydrogen (secondary N) is 1. The minimum absolute atomic E-state index is 0.0644. The van der Waals surface area contributed by atoms with Gasteiger partial charge in [-0.05, 0) is 23.1 Å². The number of rotatable bonds is 4. The van der Waals surface area contributed by atoms with E-state index >= 15 is 0 Å². The molecule has 1 aromatic carbocycles. The minimum atomic E-state index is -4.57. The topological polar surface area (TPSA) is 111 Å². The van der Waals surface area contributed by atoms with Crippen LogP contribution >= 0.6 is 0 Å². The van der Waals surface area contributed by atoms with Gasteiger partial charge in [-0.3, -0.25) is 20.2 Å². The fraction of sp³-hybridized carbons (Fsp3) is 0.312. The number of hydrogen-bond donors (Lipinski definition) is 1. The first-order chi connectivity index (χ1) is 12.3. The number of nitro benzene ring substituents is 2. The lowest BCUT2D eigenvalue weighted by Crippen LogP contribution is -2.16. The SMILES string of the molecule is CC(C)(C)c1cc([N+](=O)[O-])cc([N+](=O)[O-])c1Nc1ccc(C(F)(F)F)cn1. The standard InChI is InChI=1S/C16H15F3N4O4/c1-15(2,3)11-6-10(22(24)25)7-12(23(26)27)14(11)21-13-5-4-9(8-20-13)16(17,18)19/h4-8H,1-3H3,(H,20,21). The molecule has 11 heteroatoms. The molecular formula is C16H15F3N4O4. The normalized spacial score (nSPS) is 11.9. The van der Waals surface area contributed by atoms with Gasteiger partial charge in [-0.2, -0.15) is 13.2 Å².